The zero-order valence-electron chi connectivity index (χ0n) is 14.5. The van der Waals surface area contributed by atoms with Crippen molar-refractivity contribution in [2.45, 2.75) is 83.2 Å². The average Bonchev–Trinajstić information content (AvgIpc) is 2.38. The van der Waals surface area contributed by atoms with Crippen LogP contribution in [0.1, 0.15) is 60.3 Å². The minimum Gasteiger partial charge on any atom is -0.446 e. The molecule has 0 unspecified atom stereocenters. The van der Waals surface area contributed by atoms with Crippen LogP contribution in [0.2, 0.25) is 0 Å². The molecule has 1 N–H and O–H groups in total. The van der Waals surface area contributed by atoms with Crippen molar-refractivity contribution in [2.24, 2.45) is 0 Å². The summed E-state index contributed by atoms with van der Waals surface area (Å²) >= 11 is 0. The molecule has 22 heavy (non-hydrogen) atoms. The van der Waals surface area contributed by atoms with Crippen LogP contribution in [0.4, 0.5) is 4.79 Å². The molecule has 1 aliphatic carbocycles. The van der Waals surface area contributed by atoms with Gasteiger partial charge in [0.2, 0.25) is 10.0 Å². The lowest BCUT2D eigenvalue weighted by Crippen LogP contribution is -2.45. The number of amides is 1. The summed E-state index contributed by atoms with van der Waals surface area (Å²) in [6.07, 6.45) is 2.33. The van der Waals surface area contributed by atoms with Crippen LogP contribution in [0.15, 0.2) is 0 Å². The van der Waals surface area contributed by atoms with E-state index in [9.17, 15) is 13.2 Å². The highest BCUT2D eigenvalue weighted by Gasteiger charge is 2.30. The van der Waals surface area contributed by atoms with Crippen molar-refractivity contribution in [3.05, 3.63) is 0 Å². The third-order valence-electron chi connectivity index (χ3n) is 4.17. The summed E-state index contributed by atoms with van der Waals surface area (Å²) in [6, 6.07) is -0.0531. The summed E-state index contributed by atoms with van der Waals surface area (Å²) in [4.78, 5) is 13.6. The zero-order valence-corrected chi connectivity index (χ0v) is 15.4. The molecular weight excluding hydrogens is 304 g/mol. The summed E-state index contributed by atoms with van der Waals surface area (Å²) in [5.74, 6) is 0. The highest BCUT2D eigenvalue weighted by Crippen LogP contribution is 2.24. The summed E-state index contributed by atoms with van der Waals surface area (Å²) in [5.41, 5.74) is -0.277. The molecule has 0 aliphatic heterocycles. The summed E-state index contributed by atoms with van der Waals surface area (Å²) in [6.45, 7) is 9.18. The van der Waals surface area contributed by atoms with Gasteiger partial charge in [-0.3, -0.25) is 0 Å². The molecule has 6 nitrogen and oxygen atoms in total. The van der Waals surface area contributed by atoms with Crippen molar-refractivity contribution < 1.29 is 17.9 Å². The molecule has 0 heterocycles. The van der Waals surface area contributed by atoms with Gasteiger partial charge in [0.05, 0.1) is 5.25 Å². The maximum atomic E-state index is 12.0. The van der Waals surface area contributed by atoms with Crippen molar-refractivity contribution in [2.75, 3.05) is 7.05 Å². The predicted octanol–water partition coefficient (Wildman–Crippen LogP) is 2.49. The minimum absolute atomic E-state index is 0.0531. The van der Waals surface area contributed by atoms with E-state index in [0.29, 0.717) is 25.7 Å². The molecule has 130 valence electrons. The molecule has 7 heteroatoms. The van der Waals surface area contributed by atoms with Crippen molar-refractivity contribution in [3.63, 3.8) is 0 Å². The van der Waals surface area contributed by atoms with Gasteiger partial charge in [0, 0.05) is 18.6 Å². The van der Waals surface area contributed by atoms with E-state index in [2.05, 4.69) is 4.72 Å². The number of ether oxygens (including phenoxy) is 1. The maximum absolute atomic E-state index is 12.0. The molecule has 0 saturated heterocycles. The monoisotopic (exact) mass is 334 g/mol. The Labute approximate surface area is 134 Å². The van der Waals surface area contributed by atoms with Crippen molar-refractivity contribution >= 4 is 16.1 Å². The highest BCUT2D eigenvalue weighted by atomic mass is 32.2. The van der Waals surface area contributed by atoms with Gasteiger partial charge in [-0.25, -0.2) is 17.9 Å². The fourth-order valence-electron chi connectivity index (χ4n) is 2.16. The van der Waals surface area contributed by atoms with Gasteiger partial charge in [-0.15, -0.1) is 0 Å². The minimum atomic E-state index is -3.24. The standard InChI is InChI=1S/C15H30N2O4S/c1-11(2)22(19,20)16-12-7-9-13(10-8-12)21-14(18)17(6)15(3,4)5/h11-13,16H,7-10H2,1-6H3. The average molecular weight is 334 g/mol. The largest absolute Gasteiger partial charge is 0.446 e. The van der Waals surface area contributed by atoms with Gasteiger partial charge < -0.3 is 9.64 Å². The Kier molecular flexibility index (Phi) is 6.27. The Bertz CT molecular complexity index is 474. The molecule has 1 saturated carbocycles. The van der Waals surface area contributed by atoms with Crippen molar-refractivity contribution in [1.82, 2.24) is 9.62 Å². The smallest absolute Gasteiger partial charge is 0.410 e. The SMILES string of the molecule is CC(C)S(=O)(=O)NC1CCC(OC(=O)N(C)C(C)(C)C)CC1. The Balaban J connectivity index is 2.45. The van der Waals surface area contributed by atoms with Crippen molar-refractivity contribution in [3.8, 4) is 0 Å². The first-order valence-electron chi connectivity index (χ1n) is 7.89. The predicted molar refractivity (Wildman–Crippen MR) is 87.2 cm³/mol. The van der Waals surface area contributed by atoms with Crippen LogP contribution in [0.25, 0.3) is 0 Å². The van der Waals surface area contributed by atoms with Crippen LogP contribution < -0.4 is 4.72 Å². The third kappa shape index (κ3) is 5.43. The van der Waals surface area contributed by atoms with Crippen LogP contribution in [-0.4, -0.2) is 49.4 Å². The molecule has 0 spiro atoms. The van der Waals surface area contributed by atoms with Crippen LogP contribution in [0.3, 0.4) is 0 Å². The number of sulfonamides is 1. The van der Waals surface area contributed by atoms with Gasteiger partial charge in [0.15, 0.2) is 0 Å². The topological polar surface area (TPSA) is 75.7 Å². The van der Waals surface area contributed by atoms with E-state index in [1.165, 1.54) is 0 Å². The molecule has 1 rings (SSSR count). The van der Waals surface area contributed by atoms with Crippen LogP contribution in [-0.2, 0) is 14.8 Å². The summed E-state index contributed by atoms with van der Waals surface area (Å²) in [5, 5.41) is -0.427. The number of rotatable bonds is 4. The Morgan fingerprint density at radius 2 is 1.68 bits per heavy atom. The number of carbonyl (C=O) groups excluding carboxylic acids is 1. The first kappa shape index (κ1) is 19.2. The second-order valence-electron chi connectivity index (χ2n) is 7.30. The van der Waals surface area contributed by atoms with E-state index in [-0.39, 0.29) is 23.8 Å². The summed E-state index contributed by atoms with van der Waals surface area (Å²) in [7, 11) is -1.51. The zero-order chi connectivity index (χ0) is 17.1. The van der Waals surface area contributed by atoms with Gasteiger partial charge in [-0.05, 0) is 60.3 Å². The third-order valence-corrected chi connectivity index (χ3v) is 6.08. The molecule has 0 aromatic carbocycles. The van der Waals surface area contributed by atoms with Gasteiger partial charge in [-0.1, -0.05) is 0 Å². The first-order valence-corrected chi connectivity index (χ1v) is 9.43. The van der Waals surface area contributed by atoms with E-state index >= 15 is 0 Å². The molecule has 0 aromatic rings. The molecular formula is C15H30N2O4S. The summed E-state index contributed by atoms with van der Waals surface area (Å²) < 4.78 is 32.0. The van der Waals surface area contributed by atoms with E-state index in [4.69, 9.17) is 4.74 Å². The first-order chi connectivity index (χ1) is 9.93. The van der Waals surface area contributed by atoms with Gasteiger partial charge in [-0.2, -0.15) is 0 Å². The lowest BCUT2D eigenvalue weighted by molar-refractivity contribution is 0.0303. The second-order valence-corrected chi connectivity index (χ2v) is 9.57. The Morgan fingerprint density at radius 3 is 2.09 bits per heavy atom. The number of nitrogens with zero attached hydrogens (tertiary/aromatic N) is 1. The Hall–Kier alpha value is -0.820. The fraction of sp³-hybridized carbons (Fsp3) is 0.933. The number of nitrogens with one attached hydrogen (secondary N) is 1. The van der Waals surface area contributed by atoms with Crippen molar-refractivity contribution in [1.29, 1.82) is 0 Å². The lowest BCUT2D eigenvalue weighted by Gasteiger charge is -2.34. The van der Waals surface area contributed by atoms with E-state index in [1.54, 1.807) is 25.8 Å². The molecule has 1 fully saturated rings. The Morgan fingerprint density at radius 1 is 1.18 bits per heavy atom. The van der Waals surface area contributed by atoms with E-state index in [1.807, 2.05) is 20.8 Å². The van der Waals surface area contributed by atoms with E-state index in [0.717, 1.165) is 0 Å². The molecule has 0 radical (unpaired) electrons. The van der Waals surface area contributed by atoms with Crippen LogP contribution in [0.5, 0.6) is 0 Å². The number of hydrogen-bond acceptors (Lipinski definition) is 4. The maximum Gasteiger partial charge on any atom is 0.410 e. The van der Waals surface area contributed by atoms with Gasteiger partial charge >= 0.3 is 6.09 Å². The van der Waals surface area contributed by atoms with Gasteiger partial charge in [0.1, 0.15) is 6.10 Å². The molecule has 0 bridgehead atoms. The lowest BCUT2D eigenvalue weighted by atomic mass is 9.94. The van der Waals surface area contributed by atoms with Crippen LogP contribution in [0, 0.1) is 0 Å². The second kappa shape index (κ2) is 7.17. The van der Waals surface area contributed by atoms with Crippen LogP contribution >= 0.6 is 0 Å². The normalized spacial score (nSPS) is 23.4. The molecule has 0 atom stereocenters. The number of hydrogen-bond donors (Lipinski definition) is 1. The van der Waals surface area contributed by atoms with E-state index < -0.39 is 15.3 Å². The molecule has 1 aliphatic rings. The fourth-order valence-corrected chi connectivity index (χ4v) is 3.13. The molecule has 0 aromatic heterocycles. The van der Waals surface area contributed by atoms with Gasteiger partial charge in [0.25, 0.3) is 0 Å². The number of carbonyl (C=O) groups is 1. The highest BCUT2D eigenvalue weighted by molar-refractivity contribution is 7.90. The quantitative estimate of drug-likeness (QED) is 0.857. The molecule has 1 amide bonds.